The third kappa shape index (κ3) is 1.29. The zero-order valence-electron chi connectivity index (χ0n) is 9.36. The Morgan fingerprint density at radius 3 is 3.00 bits per heavy atom. The van der Waals surface area contributed by atoms with Crippen LogP contribution in [0.2, 0.25) is 0 Å². The van der Waals surface area contributed by atoms with Gasteiger partial charge in [0.2, 0.25) is 5.91 Å². The van der Waals surface area contributed by atoms with Gasteiger partial charge in [0.25, 0.3) is 0 Å². The molecular formula is C14H15NO. The van der Waals surface area contributed by atoms with Gasteiger partial charge < -0.3 is 5.32 Å². The van der Waals surface area contributed by atoms with Gasteiger partial charge >= 0.3 is 0 Å². The summed E-state index contributed by atoms with van der Waals surface area (Å²) in [6.07, 6.45) is 3.96. The van der Waals surface area contributed by atoms with Crippen LogP contribution in [0, 0.1) is 5.92 Å². The van der Waals surface area contributed by atoms with Gasteiger partial charge in [-0.3, -0.25) is 4.79 Å². The summed E-state index contributed by atoms with van der Waals surface area (Å²) in [5.41, 5.74) is 3.99. The van der Waals surface area contributed by atoms with Gasteiger partial charge in [-0.15, -0.1) is 0 Å². The van der Waals surface area contributed by atoms with E-state index in [1.165, 1.54) is 16.7 Å². The number of hydrogen-bond acceptors (Lipinski definition) is 1. The van der Waals surface area contributed by atoms with Crippen molar-refractivity contribution in [3.8, 4) is 0 Å². The van der Waals surface area contributed by atoms with Crippen LogP contribution in [0.3, 0.4) is 0 Å². The Hall–Kier alpha value is -1.57. The topological polar surface area (TPSA) is 29.1 Å². The summed E-state index contributed by atoms with van der Waals surface area (Å²) in [7, 11) is 0. The number of rotatable bonds is 1. The monoisotopic (exact) mass is 213 g/mol. The maximum Gasteiger partial charge on any atom is 0.221 e. The van der Waals surface area contributed by atoms with Crippen LogP contribution >= 0.6 is 0 Å². The number of carbonyl (C=O) groups is 1. The molecule has 0 radical (unpaired) electrons. The lowest BCUT2D eigenvalue weighted by Crippen LogP contribution is -2.23. The molecule has 0 spiro atoms. The Bertz CT molecular complexity index is 475. The van der Waals surface area contributed by atoms with Crippen LogP contribution in [0.4, 0.5) is 0 Å². The maximum absolute atomic E-state index is 11.5. The maximum atomic E-state index is 11.5. The average Bonchev–Trinajstić information content (AvgIpc) is 2.68. The summed E-state index contributed by atoms with van der Waals surface area (Å²) in [5, 5.41) is 3.07. The van der Waals surface area contributed by atoms with Crippen molar-refractivity contribution in [3.63, 3.8) is 0 Å². The molecule has 1 amide bonds. The molecule has 82 valence electrons. The van der Waals surface area contributed by atoms with Crippen molar-refractivity contribution >= 4 is 11.5 Å². The first-order valence-corrected chi connectivity index (χ1v) is 5.89. The van der Waals surface area contributed by atoms with Crippen LogP contribution in [-0.4, -0.2) is 5.91 Å². The predicted molar refractivity (Wildman–Crippen MR) is 63.7 cm³/mol. The van der Waals surface area contributed by atoms with Crippen molar-refractivity contribution in [1.29, 1.82) is 0 Å². The van der Waals surface area contributed by atoms with Gasteiger partial charge in [-0.25, -0.2) is 0 Å². The second-order valence-corrected chi connectivity index (χ2v) is 4.55. The second kappa shape index (κ2) is 3.48. The molecule has 0 aromatic heterocycles. The van der Waals surface area contributed by atoms with Gasteiger partial charge in [-0.2, -0.15) is 0 Å². The summed E-state index contributed by atoms with van der Waals surface area (Å²) in [4.78, 5) is 11.5. The fraction of sp³-hybridized carbons (Fsp3) is 0.357. The Kier molecular flexibility index (Phi) is 2.10. The smallest absolute Gasteiger partial charge is 0.221 e. The summed E-state index contributed by atoms with van der Waals surface area (Å²) < 4.78 is 0. The fourth-order valence-corrected chi connectivity index (χ4v) is 2.85. The van der Waals surface area contributed by atoms with Crippen LogP contribution in [0.1, 0.15) is 36.9 Å². The predicted octanol–water partition coefficient (Wildman–Crippen LogP) is 2.67. The largest absolute Gasteiger partial charge is 0.349 e. The van der Waals surface area contributed by atoms with E-state index >= 15 is 0 Å². The van der Waals surface area contributed by atoms with Crippen LogP contribution in [0.15, 0.2) is 30.3 Å². The molecule has 3 rings (SSSR count). The van der Waals surface area contributed by atoms with E-state index in [0.717, 1.165) is 6.42 Å². The van der Waals surface area contributed by atoms with E-state index < -0.39 is 0 Å². The lowest BCUT2D eigenvalue weighted by Gasteiger charge is -2.26. The molecular weight excluding hydrogens is 198 g/mol. The van der Waals surface area contributed by atoms with E-state index in [1.54, 1.807) is 0 Å². The number of carbonyl (C=O) groups excluding carboxylic acids is 1. The van der Waals surface area contributed by atoms with E-state index in [9.17, 15) is 4.79 Å². The summed E-state index contributed by atoms with van der Waals surface area (Å²) >= 11 is 0. The minimum atomic E-state index is 0.179. The molecule has 1 aromatic rings. The first-order chi connectivity index (χ1) is 7.79. The van der Waals surface area contributed by atoms with Crippen molar-refractivity contribution in [2.45, 2.75) is 25.8 Å². The molecule has 0 unspecified atom stereocenters. The quantitative estimate of drug-likeness (QED) is 0.763. The molecule has 1 saturated heterocycles. The lowest BCUT2D eigenvalue weighted by molar-refractivity contribution is -0.119. The zero-order valence-corrected chi connectivity index (χ0v) is 9.36. The van der Waals surface area contributed by atoms with Crippen molar-refractivity contribution in [1.82, 2.24) is 5.32 Å². The van der Waals surface area contributed by atoms with E-state index in [0.29, 0.717) is 12.3 Å². The third-order valence-electron chi connectivity index (χ3n) is 3.60. The highest BCUT2D eigenvalue weighted by atomic mass is 16.2. The second-order valence-electron chi connectivity index (χ2n) is 4.55. The first kappa shape index (κ1) is 9.64. The molecule has 2 heteroatoms. The minimum absolute atomic E-state index is 0.179. The van der Waals surface area contributed by atoms with Crippen LogP contribution < -0.4 is 5.32 Å². The molecule has 1 aliphatic heterocycles. The number of benzene rings is 1. The molecule has 1 heterocycles. The molecule has 0 saturated carbocycles. The van der Waals surface area contributed by atoms with Gasteiger partial charge in [-0.05, 0) is 23.1 Å². The van der Waals surface area contributed by atoms with Crippen LogP contribution in [0.5, 0.6) is 0 Å². The molecule has 1 fully saturated rings. The highest BCUT2D eigenvalue weighted by molar-refractivity contribution is 5.83. The third-order valence-corrected chi connectivity index (χ3v) is 3.60. The molecule has 0 bridgehead atoms. The van der Waals surface area contributed by atoms with Gasteiger partial charge in [0.15, 0.2) is 0 Å². The average molecular weight is 213 g/mol. The van der Waals surface area contributed by atoms with E-state index in [-0.39, 0.29) is 11.9 Å². The van der Waals surface area contributed by atoms with Gasteiger partial charge in [0, 0.05) is 12.3 Å². The van der Waals surface area contributed by atoms with Crippen molar-refractivity contribution < 1.29 is 4.79 Å². The summed E-state index contributed by atoms with van der Waals surface area (Å²) in [6.45, 7) is 2.17. The minimum Gasteiger partial charge on any atom is -0.349 e. The molecule has 16 heavy (non-hydrogen) atoms. The Morgan fingerprint density at radius 1 is 1.38 bits per heavy atom. The molecule has 1 aliphatic carbocycles. The first-order valence-electron chi connectivity index (χ1n) is 5.89. The van der Waals surface area contributed by atoms with E-state index in [1.807, 2.05) is 0 Å². The van der Waals surface area contributed by atoms with Crippen LogP contribution in [0.25, 0.3) is 5.57 Å². The Balaban J connectivity index is 2.14. The fourth-order valence-electron chi connectivity index (χ4n) is 2.85. The standard InChI is InChI=1S/C14H15NO/c1-2-9-7-10-8-13(16)15-14(10)12-6-4-3-5-11(9)12/h3-7,10,14H,2,8H2,1H3,(H,15,16)/t10-,14+/m1/s1. The van der Waals surface area contributed by atoms with E-state index in [4.69, 9.17) is 0 Å². The number of fused-ring (bicyclic) bond motifs is 3. The molecule has 2 atom stereocenters. The van der Waals surface area contributed by atoms with Crippen molar-refractivity contribution in [2.24, 2.45) is 5.92 Å². The number of amides is 1. The Morgan fingerprint density at radius 2 is 2.19 bits per heavy atom. The van der Waals surface area contributed by atoms with Gasteiger partial charge in [0.1, 0.15) is 0 Å². The highest BCUT2D eigenvalue weighted by Crippen LogP contribution is 2.41. The zero-order chi connectivity index (χ0) is 11.1. The number of allylic oxidation sites excluding steroid dienone is 1. The van der Waals surface area contributed by atoms with Gasteiger partial charge in [-0.1, -0.05) is 37.3 Å². The molecule has 1 aromatic carbocycles. The summed E-state index contributed by atoms with van der Waals surface area (Å²) in [5.74, 6) is 0.538. The molecule has 2 nitrogen and oxygen atoms in total. The van der Waals surface area contributed by atoms with Crippen molar-refractivity contribution in [3.05, 3.63) is 41.5 Å². The lowest BCUT2D eigenvalue weighted by atomic mass is 9.81. The normalized spacial score (nSPS) is 26.8. The SMILES string of the molecule is CCC1=C[C@@H]2CC(=O)N[C@@H]2c2ccccc21. The number of hydrogen-bond donors (Lipinski definition) is 1. The summed E-state index contributed by atoms with van der Waals surface area (Å²) in [6, 6.07) is 8.63. The molecule has 2 aliphatic rings. The molecule has 1 N–H and O–H groups in total. The Labute approximate surface area is 95.4 Å². The number of nitrogens with one attached hydrogen (secondary N) is 1. The van der Waals surface area contributed by atoms with Crippen molar-refractivity contribution in [2.75, 3.05) is 0 Å². The van der Waals surface area contributed by atoms with Gasteiger partial charge in [0.05, 0.1) is 6.04 Å². The van der Waals surface area contributed by atoms with E-state index in [2.05, 4.69) is 42.6 Å². The van der Waals surface area contributed by atoms with Crippen LogP contribution in [-0.2, 0) is 4.79 Å². The highest BCUT2D eigenvalue weighted by Gasteiger charge is 2.36.